The Kier molecular flexibility index (Phi) is 4.44. The van der Waals surface area contributed by atoms with Crippen molar-refractivity contribution in [3.8, 4) is 22.9 Å². The quantitative estimate of drug-likeness (QED) is 0.459. The van der Waals surface area contributed by atoms with E-state index in [2.05, 4.69) is 4.98 Å². The van der Waals surface area contributed by atoms with E-state index < -0.39 is 11.2 Å². The third-order valence-electron chi connectivity index (χ3n) is 4.85. The maximum Gasteiger partial charge on any atom is 0.352 e. The van der Waals surface area contributed by atoms with Gasteiger partial charge in [-0.25, -0.2) is 4.79 Å². The van der Waals surface area contributed by atoms with Gasteiger partial charge in [-0.1, -0.05) is 6.07 Å². The molecule has 9 heteroatoms. The molecule has 1 aromatic carbocycles. The van der Waals surface area contributed by atoms with Gasteiger partial charge in [0.1, 0.15) is 0 Å². The Bertz CT molecular complexity index is 1340. The number of Topliss-reactive ketones (excluding diaryl/α,β-unsaturated/α-hetero) is 1. The fourth-order valence-electron chi connectivity index (χ4n) is 3.36. The van der Waals surface area contributed by atoms with Crippen molar-refractivity contribution in [1.82, 2.24) is 14.1 Å². The first-order valence-electron chi connectivity index (χ1n) is 9.15. The van der Waals surface area contributed by atoms with Gasteiger partial charge in [-0.05, 0) is 41.8 Å². The van der Waals surface area contributed by atoms with Crippen LogP contribution in [0.25, 0.3) is 11.4 Å². The zero-order chi connectivity index (χ0) is 20.7. The Morgan fingerprint density at radius 1 is 1.10 bits per heavy atom. The molecule has 0 saturated carbocycles. The van der Waals surface area contributed by atoms with E-state index in [1.807, 2.05) is 17.5 Å². The Morgan fingerprint density at radius 2 is 1.97 bits per heavy atom. The number of carbonyl (C=O) groups excluding carboxylic acids is 1. The highest BCUT2D eigenvalue weighted by atomic mass is 32.1. The van der Waals surface area contributed by atoms with Crippen LogP contribution in [0, 0.1) is 0 Å². The fraction of sp³-hybridized carbons (Fsp3) is 0.143. The third kappa shape index (κ3) is 3.18. The van der Waals surface area contributed by atoms with Crippen molar-refractivity contribution in [3.05, 3.63) is 85.3 Å². The summed E-state index contributed by atoms with van der Waals surface area (Å²) in [6.45, 7) is 0.222. The predicted octanol–water partition coefficient (Wildman–Crippen LogP) is 2.23. The molecule has 8 nitrogen and oxygen atoms in total. The van der Waals surface area contributed by atoms with E-state index in [4.69, 9.17) is 9.47 Å². The highest BCUT2D eigenvalue weighted by Crippen LogP contribution is 2.32. The number of nitrogens with zero attached hydrogens (tertiary/aromatic N) is 3. The van der Waals surface area contributed by atoms with Gasteiger partial charge in [-0.2, -0.15) is 4.98 Å². The van der Waals surface area contributed by atoms with Gasteiger partial charge in [0.2, 0.25) is 6.79 Å². The van der Waals surface area contributed by atoms with Crippen LogP contribution in [-0.4, -0.2) is 26.7 Å². The monoisotopic (exact) mass is 421 g/mol. The zero-order valence-corrected chi connectivity index (χ0v) is 16.4. The van der Waals surface area contributed by atoms with Gasteiger partial charge in [0.05, 0.1) is 18.7 Å². The second-order valence-electron chi connectivity index (χ2n) is 6.73. The molecule has 30 heavy (non-hydrogen) atoms. The number of benzene rings is 1. The van der Waals surface area contributed by atoms with Gasteiger partial charge in [-0.3, -0.25) is 14.2 Å². The highest BCUT2D eigenvalue weighted by molar-refractivity contribution is 7.09. The molecule has 1 aromatic heterocycles. The summed E-state index contributed by atoms with van der Waals surface area (Å²) in [6.07, 6.45) is 1.63. The molecule has 3 aliphatic rings. The minimum atomic E-state index is -0.642. The van der Waals surface area contributed by atoms with Gasteiger partial charge in [-0.15, -0.1) is 11.3 Å². The highest BCUT2D eigenvalue weighted by Gasteiger charge is 2.20. The normalized spacial score (nSPS) is 12.4. The second-order valence-corrected chi connectivity index (χ2v) is 7.76. The number of ketones is 1. The Labute approximate surface area is 173 Å². The van der Waals surface area contributed by atoms with Crippen molar-refractivity contribution in [1.29, 1.82) is 0 Å². The molecular formula is C21H15N3O5S. The van der Waals surface area contributed by atoms with E-state index in [9.17, 15) is 14.4 Å². The molecule has 0 atom stereocenters. The molecule has 0 amide bonds. The van der Waals surface area contributed by atoms with Crippen LogP contribution in [-0.2, 0) is 13.1 Å². The van der Waals surface area contributed by atoms with Crippen molar-refractivity contribution in [2.24, 2.45) is 0 Å². The topological polar surface area (TPSA) is 92.4 Å². The summed E-state index contributed by atoms with van der Waals surface area (Å²) in [6, 6.07) is 11.9. The lowest BCUT2D eigenvalue weighted by Crippen LogP contribution is -2.38. The van der Waals surface area contributed by atoms with E-state index >= 15 is 0 Å². The number of aromatic nitrogens is 3. The maximum absolute atomic E-state index is 12.9. The van der Waals surface area contributed by atoms with Crippen molar-refractivity contribution in [2.45, 2.75) is 13.1 Å². The summed E-state index contributed by atoms with van der Waals surface area (Å²) in [4.78, 5) is 43.2. The minimum absolute atomic E-state index is 0.0716. The standard InChI is InChI=1S/C21H15N3O5S/c25-16(13-5-6-17-18(9-13)29-12-28-17)11-23-7-1-4-15-19(23)22-21(27)24(20(15)26)10-14-3-2-8-30-14/h1-9H,10-12H2. The Hall–Kier alpha value is -3.72. The molecule has 5 rings (SSSR count). The molecule has 0 bridgehead atoms. The molecule has 0 N–H and O–H groups in total. The van der Waals surface area contributed by atoms with Gasteiger partial charge < -0.3 is 14.0 Å². The summed E-state index contributed by atoms with van der Waals surface area (Å²) in [7, 11) is 0. The van der Waals surface area contributed by atoms with Gasteiger partial charge >= 0.3 is 5.69 Å². The van der Waals surface area contributed by atoms with E-state index in [1.165, 1.54) is 15.9 Å². The number of ether oxygens (including phenoxy) is 2. The van der Waals surface area contributed by atoms with E-state index in [1.54, 1.807) is 36.5 Å². The van der Waals surface area contributed by atoms with E-state index in [-0.39, 0.29) is 37.1 Å². The number of thiophene rings is 1. The van der Waals surface area contributed by atoms with Gasteiger partial charge in [0, 0.05) is 16.6 Å². The number of pyridine rings is 1. The molecule has 0 saturated heterocycles. The van der Waals surface area contributed by atoms with Crippen LogP contribution >= 0.6 is 11.3 Å². The molecule has 0 aliphatic carbocycles. The van der Waals surface area contributed by atoms with Crippen LogP contribution in [0.4, 0.5) is 0 Å². The number of carbonyl (C=O) groups is 1. The lowest BCUT2D eigenvalue weighted by molar-refractivity contribution is 0.0971. The van der Waals surface area contributed by atoms with Crippen molar-refractivity contribution in [3.63, 3.8) is 0 Å². The number of hydrogen-bond acceptors (Lipinski definition) is 7. The van der Waals surface area contributed by atoms with Crippen LogP contribution in [0.15, 0.2) is 63.6 Å². The summed E-state index contributed by atoms with van der Waals surface area (Å²) < 4.78 is 13.2. The first kappa shape index (κ1) is 18.3. The largest absolute Gasteiger partial charge is 0.454 e. The molecule has 4 heterocycles. The van der Waals surface area contributed by atoms with Gasteiger partial charge in [0.15, 0.2) is 23.1 Å². The van der Waals surface area contributed by atoms with Crippen LogP contribution in [0.1, 0.15) is 15.2 Å². The second kappa shape index (κ2) is 7.27. The molecule has 2 aromatic rings. The summed E-state index contributed by atoms with van der Waals surface area (Å²) in [5, 5.41) is 1.88. The smallest absolute Gasteiger partial charge is 0.352 e. The fourth-order valence-corrected chi connectivity index (χ4v) is 4.05. The minimum Gasteiger partial charge on any atom is -0.454 e. The molecule has 0 spiro atoms. The van der Waals surface area contributed by atoms with Gasteiger partial charge in [0.25, 0.3) is 5.56 Å². The summed E-state index contributed by atoms with van der Waals surface area (Å²) in [5.74, 6) is 1.08. The Morgan fingerprint density at radius 3 is 2.80 bits per heavy atom. The summed E-state index contributed by atoms with van der Waals surface area (Å²) >= 11 is 1.46. The molecule has 0 fully saturated rings. The first-order chi connectivity index (χ1) is 14.6. The zero-order valence-electron chi connectivity index (χ0n) is 15.6. The SMILES string of the molecule is O=C(Cn1cccc2c(=O)n(Cc3cccs3)c(=O)nc1-2)c1ccc2c(c1)OCO2. The summed E-state index contributed by atoms with van der Waals surface area (Å²) in [5.41, 5.74) is -0.344. The molecule has 0 unspecified atom stereocenters. The molecule has 3 aliphatic heterocycles. The van der Waals surface area contributed by atoms with Crippen LogP contribution in [0.2, 0.25) is 0 Å². The average Bonchev–Trinajstić information content (AvgIpc) is 3.43. The Balaban J connectivity index is 1.50. The molecule has 150 valence electrons. The first-order valence-corrected chi connectivity index (χ1v) is 10.0. The maximum atomic E-state index is 12.9. The van der Waals surface area contributed by atoms with Crippen molar-refractivity contribution >= 4 is 17.1 Å². The van der Waals surface area contributed by atoms with Crippen LogP contribution in [0.5, 0.6) is 11.5 Å². The molecule has 0 radical (unpaired) electrons. The third-order valence-corrected chi connectivity index (χ3v) is 5.71. The van der Waals surface area contributed by atoms with Crippen molar-refractivity contribution < 1.29 is 14.3 Å². The predicted molar refractivity (Wildman–Crippen MR) is 110 cm³/mol. The van der Waals surface area contributed by atoms with Crippen LogP contribution < -0.4 is 20.7 Å². The van der Waals surface area contributed by atoms with Crippen LogP contribution in [0.3, 0.4) is 0 Å². The lowest BCUT2D eigenvalue weighted by atomic mass is 10.1. The number of fused-ring (bicyclic) bond motifs is 2. The number of hydrogen-bond donors (Lipinski definition) is 0. The molecular weight excluding hydrogens is 406 g/mol. The lowest BCUT2D eigenvalue weighted by Gasteiger charge is -2.14. The number of rotatable bonds is 5. The van der Waals surface area contributed by atoms with Crippen molar-refractivity contribution in [2.75, 3.05) is 6.79 Å². The van der Waals surface area contributed by atoms with E-state index in [0.717, 1.165) is 9.44 Å². The average molecular weight is 421 g/mol. The van der Waals surface area contributed by atoms with E-state index in [0.29, 0.717) is 17.1 Å².